The van der Waals surface area contributed by atoms with E-state index in [0.29, 0.717) is 18.8 Å². The summed E-state index contributed by atoms with van der Waals surface area (Å²) in [6.45, 7) is 1.11. The number of benzene rings is 1. The maximum absolute atomic E-state index is 13.1. The van der Waals surface area contributed by atoms with Crippen molar-refractivity contribution in [2.45, 2.75) is 13.1 Å². The van der Waals surface area contributed by atoms with Crippen LogP contribution < -0.4 is 5.43 Å². The average Bonchev–Trinajstić information content (AvgIpc) is 2.69. The van der Waals surface area contributed by atoms with Gasteiger partial charge in [0.05, 0.1) is 11.3 Å². The van der Waals surface area contributed by atoms with Crippen LogP contribution in [-0.2, 0) is 13.1 Å². The van der Waals surface area contributed by atoms with Crippen molar-refractivity contribution < 1.29 is 14.3 Å². The molecule has 0 radical (unpaired) electrons. The fourth-order valence-corrected chi connectivity index (χ4v) is 3.20. The molecule has 3 heterocycles. The van der Waals surface area contributed by atoms with Crippen molar-refractivity contribution >= 4 is 18.3 Å². The predicted octanol–water partition coefficient (Wildman–Crippen LogP) is 2.83. The van der Waals surface area contributed by atoms with Gasteiger partial charge in [0.2, 0.25) is 5.43 Å². The zero-order chi connectivity index (χ0) is 19.0. The van der Waals surface area contributed by atoms with Crippen LogP contribution in [0.3, 0.4) is 0 Å². The van der Waals surface area contributed by atoms with Crippen LogP contribution in [0.2, 0.25) is 0 Å². The maximum atomic E-state index is 13.1. The maximum Gasteiger partial charge on any atom is 0.274 e. The molecular weight excluding hydrogens is 385 g/mol. The van der Waals surface area contributed by atoms with Crippen molar-refractivity contribution in [1.82, 2.24) is 14.5 Å². The normalized spacial score (nSPS) is 13.0. The molecule has 0 spiro atoms. The Balaban J connectivity index is 0.00000225. The molecule has 1 aliphatic rings. The molecule has 6 nitrogen and oxygen atoms in total. The van der Waals surface area contributed by atoms with Crippen LogP contribution in [0.4, 0.5) is 4.39 Å². The van der Waals surface area contributed by atoms with Crippen LogP contribution in [0.5, 0.6) is 5.75 Å². The van der Waals surface area contributed by atoms with Gasteiger partial charge in [0.15, 0.2) is 11.4 Å². The number of aromatic hydroxyl groups is 1. The number of nitrogens with zero attached hydrogens (tertiary/aromatic N) is 3. The van der Waals surface area contributed by atoms with Gasteiger partial charge in [0.1, 0.15) is 5.82 Å². The van der Waals surface area contributed by atoms with E-state index in [2.05, 4.69) is 4.98 Å². The Hall–Kier alpha value is -3.19. The van der Waals surface area contributed by atoms with Crippen LogP contribution in [0.15, 0.2) is 59.7 Å². The quantitative estimate of drug-likeness (QED) is 0.732. The molecule has 8 heteroatoms. The van der Waals surface area contributed by atoms with Crippen molar-refractivity contribution in [3.8, 4) is 17.0 Å². The summed E-state index contributed by atoms with van der Waals surface area (Å²) in [5.41, 5.74) is 0.793. The first-order valence-corrected chi connectivity index (χ1v) is 8.46. The lowest BCUT2D eigenvalue weighted by Gasteiger charge is -2.30. The van der Waals surface area contributed by atoms with Crippen molar-refractivity contribution in [1.29, 1.82) is 0 Å². The van der Waals surface area contributed by atoms with E-state index in [0.717, 1.165) is 5.56 Å². The zero-order valence-electron chi connectivity index (χ0n) is 14.7. The lowest BCUT2D eigenvalue weighted by Crippen LogP contribution is -2.41. The number of carbonyl (C=O) groups excluding carboxylic acids is 1. The minimum atomic E-state index is -0.628. The Bertz CT molecular complexity index is 1070. The smallest absolute Gasteiger partial charge is 0.274 e. The topological polar surface area (TPSA) is 75.4 Å². The minimum absolute atomic E-state index is 0. The standard InChI is InChI=1S/C20H16FN3O3.ClH/c21-14-6-4-13(5-7-14)11-24-10-9-23-12-15(16-3-1-2-8-22-16)18(25)19(26)17(23)20(24)27;/h1-8,12,26H,9-11H2;1H. The third kappa shape index (κ3) is 3.48. The highest BCUT2D eigenvalue weighted by Gasteiger charge is 2.29. The second-order valence-corrected chi connectivity index (χ2v) is 6.33. The number of amides is 1. The van der Waals surface area contributed by atoms with E-state index in [4.69, 9.17) is 0 Å². The van der Waals surface area contributed by atoms with Gasteiger partial charge >= 0.3 is 0 Å². The molecule has 0 saturated heterocycles. The fraction of sp³-hybridized carbons (Fsp3) is 0.150. The van der Waals surface area contributed by atoms with Crippen molar-refractivity contribution in [3.05, 3.63) is 82.2 Å². The minimum Gasteiger partial charge on any atom is -0.503 e. The second-order valence-electron chi connectivity index (χ2n) is 6.33. The SMILES string of the molecule is Cl.O=C1c2c(O)c(=O)c(-c3ccccn3)cn2CCN1Cc1ccc(F)cc1. The van der Waals surface area contributed by atoms with Gasteiger partial charge < -0.3 is 14.6 Å². The Morgan fingerprint density at radius 3 is 2.50 bits per heavy atom. The van der Waals surface area contributed by atoms with Crippen molar-refractivity contribution in [3.63, 3.8) is 0 Å². The Morgan fingerprint density at radius 2 is 1.82 bits per heavy atom. The molecule has 3 aromatic rings. The predicted molar refractivity (Wildman–Crippen MR) is 104 cm³/mol. The van der Waals surface area contributed by atoms with E-state index in [1.165, 1.54) is 17.0 Å². The highest BCUT2D eigenvalue weighted by Crippen LogP contribution is 2.24. The number of halogens is 2. The number of pyridine rings is 2. The van der Waals surface area contributed by atoms with E-state index in [-0.39, 0.29) is 36.0 Å². The van der Waals surface area contributed by atoms with Crippen LogP contribution in [0, 0.1) is 5.82 Å². The number of carbonyl (C=O) groups is 1. The van der Waals surface area contributed by atoms with Gasteiger partial charge in [-0.25, -0.2) is 4.39 Å². The molecule has 144 valence electrons. The van der Waals surface area contributed by atoms with E-state index in [9.17, 15) is 19.1 Å². The summed E-state index contributed by atoms with van der Waals surface area (Å²) in [4.78, 5) is 31.1. The molecule has 1 N–H and O–H groups in total. The van der Waals surface area contributed by atoms with Gasteiger partial charge in [0, 0.05) is 32.0 Å². The van der Waals surface area contributed by atoms with Gasteiger partial charge in [-0.05, 0) is 29.8 Å². The molecule has 0 atom stereocenters. The molecule has 4 rings (SSSR count). The lowest BCUT2D eigenvalue weighted by molar-refractivity contribution is 0.0683. The van der Waals surface area contributed by atoms with E-state index >= 15 is 0 Å². The van der Waals surface area contributed by atoms with Gasteiger partial charge in [0.25, 0.3) is 5.91 Å². The highest BCUT2D eigenvalue weighted by molar-refractivity contribution is 5.96. The molecule has 0 aliphatic carbocycles. The lowest BCUT2D eigenvalue weighted by atomic mass is 10.1. The summed E-state index contributed by atoms with van der Waals surface area (Å²) in [5.74, 6) is -1.36. The summed E-state index contributed by atoms with van der Waals surface area (Å²) >= 11 is 0. The molecule has 28 heavy (non-hydrogen) atoms. The first kappa shape index (κ1) is 19.6. The molecule has 1 amide bonds. The van der Waals surface area contributed by atoms with Crippen molar-refractivity contribution in [2.75, 3.05) is 6.54 Å². The number of hydrogen-bond acceptors (Lipinski definition) is 4. The van der Waals surface area contributed by atoms with Gasteiger partial charge in [-0.2, -0.15) is 0 Å². The Labute approximate surface area is 166 Å². The second kappa shape index (κ2) is 7.82. The molecule has 1 aromatic carbocycles. The molecule has 0 fully saturated rings. The first-order valence-electron chi connectivity index (χ1n) is 8.46. The van der Waals surface area contributed by atoms with Gasteiger partial charge in [-0.15, -0.1) is 12.4 Å². The van der Waals surface area contributed by atoms with Crippen LogP contribution in [0.25, 0.3) is 11.3 Å². The van der Waals surface area contributed by atoms with Crippen LogP contribution >= 0.6 is 12.4 Å². The van der Waals surface area contributed by atoms with E-state index in [1.807, 2.05) is 0 Å². The number of rotatable bonds is 3. The molecule has 1 aliphatic heterocycles. The number of hydrogen-bond donors (Lipinski definition) is 1. The highest BCUT2D eigenvalue weighted by atomic mass is 35.5. The molecule has 0 unspecified atom stereocenters. The summed E-state index contributed by atoms with van der Waals surface area (Å²) in [5, 5.41) is 10.4. The molecular formula is C20H17ClFN3O3. The fourth-order valence-electron chi connectivity index (χ4n) is 3.20. The van der Waals surface area contributed by atoms with E-state index in [1.54, 1.807) is 47.3 Å². The third-order valence-electron chi connectivity index (χ3n) is 4.58. The summed E-state index contributed by atoms with van der Waals surface area (Å²) in [6, 6.07) is 11.0. The van der Waals surface area contributed by atoms with Crippen LogP contribution in [-0.4, -0.2) is 32.0 Å². The molecule has 2 aromatic heterocycles. The molecule has 0 saturated carbocycles. The van der Waals surface area contributed by atoms with Crippen molar-refractivity contribution in [2.24, 2.45) is 0 Å². The monoisotopic (exact) mass is 401 g/mol. The van der Waals surface area contributed by atoms with Gasteiger partial charge in [-0.3, -0.25) is 14.6 Å². The Kier molecular flexibility index (Phi) is 5.46. The summed E-state index contributed by atoms with van der Waals surface area (Å²) < 4.78 is 14.6. The number of aromatic nitrogens is 2. The summed E-state index contributed by atoms with van der Waals surface area (Å²) in [6.07, 6.45) is 3.12. The molecule has 0 bridgehead atoms. The number of fused-ring (bicyclic) bond motifs is 1. The average molecular weight is 402 g/mol. The summed E-state index contributed by atoms with van der Waals surface area (Å²) in [7, 11) is 0. The third-order valence-corrected chi connectivity index (χ3v) is 4.58. The zero-order valence-corrected chi connectivity index (χ0v) is 15.5. The Morgan fingerprint density at radius 1 is 1.07 bits per heavy atom. The van der Waals surface area contributed by atoms with E-state index < -0.39 is 17.1 Å². The van der Waals surface area contributed by atoms with Crippen LogP contribution in [0.1, 0.15) is 16.1 Å². The van der Waals surface area contributed by atoms with Gasteiger partial charge in [-0.1, -0.05) is 18.2 Å². The largest absolute Gasteiger partial charge is 0.503 e. The first-order chi connectivity index (χ1) is 13.0.